The van der Waals surface area contributed by atoms with Crippen LogP contribution in [0.15, 0.2) is 72.8 Å². The van der Waals surface area contributed by atoms with Crippen molar-refractivity contribution in [3.8, 4) is 11.5 Å². The van der Waals surface area contributed by atoms with E-state index in [1.54, 1.807) is 6.08 Å². The molecule has 2 aliphatic rings. The van der Waals surface area contributed by atoms with Gasteiger partial charge in [0.2, 0.25) is 12.7 Å². The normalized spacial score (nSPS) is 16.7. The minimum Gasteiger partial charge on any atom is -0.454 e. The summed E-state index contributed by atoms with van der Waals surface area (Å²) in [5.74, 6) is 1.44. The zero-order chi connectivity index (χ0) is 23.8. The summed E-state index contributed by atoms with van der Waals surface area (Å²) in [6.45, 7) is 1.68. The summed E-state index contributed by atoms with van der Waals surface area (Å²) in [6, 6.07) is 22.3. The highest BCUT2D eigenvalue weighted by Gasteiger charge is 2.34. The molecule has 6 nitrogen and oxygen atoms in total. The molecule has 0 radical (unpaired) electrons. The van der Waals surface area contributed by atoms with Crippen LogP contribution in [0.5, 0.6) is 11.5 Å². The molecular weight excluding hydrogens is 438 g/mol. The number of hydrogen-bond acceptors (Lipinski definition) is 4. The molecule has 4 aromatic rings. The van der Waals surface area contributed by atoms with Crippen molar-refractivity contribution in [3.63, 3.8) is 0 Å². The van der Waals surface area contributed by atoms with Gasteiger partial charge in [0.15, 0.2) is 11.5 Å². The molecule has 0 aliphatic carbocycles. The number of nitrogens with zero attached hydrogens (tertiary/aromatic N) is 1. The van der Waals surface area contributed by atoms with Crippen LogP contribution in [0.25, 0.3) is 17.0 Å². The molecule has 1 aromatic heterocycles. The molecule has 3 heterocycles. The Labute approximate surface area is 204 Å². The predicted octanol–water partition coefficient (Wildman–Crippen LogP) is 4.80. The van der Waals surface area contributed by atoms with Gasteiger partial charge in [0.1, 0.15) is 0 Å². The van der Waals surface area contributed by atoms with Crippen molar-refractivity contribution in [3.05, 3.63) is 101 Å². The van der Waals surface area contributed by atoms with E-state index in [4.69, 9.17) is 9.47 Å². The summed E-state index contributed by atoms with van der Waals surface area (Å²) in [5, 5.41) is 4.37. The summed E-state index contributed by atoms with van der Waals surface area (Å²) < 4.78 is 11.2. The van der Waals surface area contributed by atoms with E-state index in [0.29, 0.717) is 6.54 Å². The number of benzene rings is 3. The van der Waals surface area contributed by atoms with E-state index in [1.165, 1.54) is 16.5 Å². The fraction of sp³-hybridized carbons (Fsp3) is 0.207. The van der Waals surface area contributed by atoms with Crippen molar-refractivity contribution in [2.45, 2.75) is 19.0 Å². The topological polar surface area (TPSA) is 66.6 Å². The molecule has 1 atom stereocenters. The fourth-order valence-electron chi connectivity index (χ4n) is 5.12. The van der Waals surface area contributed by atoms with Gasteiger partial charge in [-0.2, -0.15) is 0 Å². The molecule has 2 N–H and O–H groups in total. The minimum atomic E-state index is -0.240. The summed E-state index contributed by atoms with van der Waals surface area (Å²) in [6.07, 6.45) is 4.38. The highest BCUT2D eigenvalue weighted by molar-refractivity contribution is 5.93. The minimum absolute atomic E-state index is 0.0173. The van der Waals surface area contributed by atoms with E-state index in [0.717, 1.165) is 46.8 Å². The first kappa shape index (κ1) is 21.5. The van der Waals surface area contributed by atoms with Crippen molar-refractivity contribution in [1.29, 1.82) is 0 Å². The first-order chi connectivity index (χ1) is 17.2. The molecule has 0 saturated heterocycles. The van der Waals surface area contributed by atoms with Gasteiger partial charge in [-0.25, -0.2) is 0 Å². The number of H-pyrrole nitrogens is 1. The van der Waals surface area contributed by atoms with Crippen LogP contribution in [0.3, 0.4) is 0 Å². The number of amides is 1. The lowest BCUT2D eigenvalue weighted by atomic mass is 9.92. The maximum atomic E-state index is 13.5. The molecule has 0 saturated carbocycles. The Kier molecular flexibility index (Phi) is 5.51. The Morgan fingerprint density at radius 2 is 1.91 bits per heavy atom. The molecule has 1 unspecified atom stereocenters. The molecule has 2 aliphatic heterocycles. The predicted molar refractivity (Wildman–Crippen MR) is 136 cm³/mol. The third-order valence-corrected chi connectivity index (χ3v) is 6.81. The van der Waals surface area contributed by atoms with Crippen LogP contribution in [0.2, 0.25) is 0 Å². The molecule has 0 bridgehead atoms. The van der Waals surface area contributed by atoms with Gasteiger partial charge in [-0.05, 0) is 60.0 Å². The number of para-hydroxylation sites is 1. The number of carbonyl (C=O) groups excluding carboxylic acids is 1. The van der Waals surface area contributed by atoms with E-state index in [9.17, 15) is 4.79 Å². The molecule has 0 fully saturated rings. The lowest BCUT2D eigenvalue weighted by molar-refractivity contribution is -0.128. The molecule has 1 amide bonds. The summed E-state index contributed by atoms with van der Waals surface area (Å²) in [4.78, 5) is 19.1. The Morgan fingerprint density at radius 3 is 2.77 bits per heavy atom. The number of fused-ring (bicyclic) bond motifs is 4. The molecule has 6 rings (SSSR count). The maximum absolute atomic E-state index is 13.5. The second-order valence-electron chi connectivity index (χ2n) is 8.96. The van der Waals surface area contributed by atoms with Crippen LogP contribution in [-0.4, -0.2) is 36.2 Å². The standard InChI is InChI=1S/C29H27N3O3/c1-30-17-20-8-6-19(7-9-20)10-13-27(33)32-15-14-23-22-4-2-3-5-24(22)31-28(23)29(32)21-11-12-25-26(16-21)35-18-34-25/h2-13,16,29-31H,14-15,17-18H2,1H3. The number of nitrogens with one attached hydrogen (secondary N) is 2. The smallest absolute Gasteiger partial charge is 0.247 e. The van der Waals surface area contributed by atoms with Gasteiger partial charge >= 0.3 is 0 Å². The maximum Gasteiger partial charge on any atom is 0.247 e. The van der Waals surface area contributed by atoms with E-state index < -0.39 is 0 Å². The van der Waals surface area contributed by atoms with Crippen molar-refractivity contribution in [1.82, 2.24) is 15.2 Å². The van der Waals surface area contributed by atoms with E-state index >= 15 is 0 Å². The lowest BCUT2D eigenvalue weighted by Gasteiger charge is -2.35. The Bertz CT molecular complexity index is 1420. The third kappa shape index (κ3) is 3.96. The van der Waals surface area contributed by atoms with Crippen molar-refractivity contribution >= 4 is 22.9 Å². The van der Waals surface area contributed by atoms with Gasteiger partial charge in [0.05, 0.1) is 6.04 Å². The molecule has 6 heteroatoms. The average Bonchev–Trinajstić information content (AvgIpc) is 3.51. The molecule has 0 spiro atoms. The summed E-state index contributed by atoms with van der Waals surface area (Å²) in [5.41, 5.74) is 6.64. The molecular formula is C29H27N3O3. The largest absolute Gasteiger partial charge is 0.454 e. The Morgan fingerprint density at radius 1 is 1.09 bits per heavy atom. The monoisotopic (exact) mass is 465 g/mol. The van der Waals surface area contributed by atoms with Crippen LogP contribution >= 0.6 is 0 Å². The quantitative estimate of drug-likeness (QED) is 0.416. The zero-order valence-electron chi connectivity index (χ0n) is 19.6. The zero-order valence-corrected chi connectivity index (χ0v) is 19.6. The SMILES string of the molecule is CNCc1ccc(C=CC(=O)N2CCc3c([nH]c4ccccc34)C2c2ccc3c(c2)OCO3)cc1. The van der Waals surface area contributed by atoms with Gasteiger partial charge in [-0.1, -0.05) is 48.5 Å². The van der Waals surface area contributed by atoms with Crippen LogP contribution < -0.4 is 14.8 Å². The van der Waals surface area contributed by atoms with Gasteiger partial charge in [0, 0.05) is 35.8 Å². The number of carbonyl (C=O) groups is 1. The summed E-state index contributed by atoms with van der Waals surface area (Å²) in [7, 11) is 1.93. The Balaban J connectivity index is 1.36. The first-order valence-electron chi connectivity index (χ1n) is 11.9. The van der Waals surface area contributed by atoms with E-state index in [1.807, 2.05) is 54.4 Å². The number of hydrogen-bond donors (Lipinski definition) is 2. The Hall–Kier alpha value is -4.03. The first-order valence-corrected chi connectivity index (χ1v) is 11.9. The third-order valence-electron chi connectivity index (χ3n) is 6.81. The van der Waals surface area contributed by atoms with Gasteiger partial charge < -0.3 is 24.7 Å². The van der Waals surface area contributed by atoms with Crippen LogP contribution in [0.1, 0.15) is 34.0 Å². The van der Waals surface area contributed by atoms with Crippen LogP contribution in [0.4, 0.5) is 0 Å². The van der Waals surface area contributed by atoms with Crippen LogP contribution in [-0.2, 0) is 17.8 Å². The molecule has 176 valence electrons. The van der Waals surface area contributed by atoms with Crippen LogP contribution in [0, 0.1) is 0 Å². The van der Waals surface area contributed by atoms with Crippen molar-refractivity contribution < 1.29 is 14.3 Å². The average molecular weight is 466 g/mol. The van der Waals surface area contributed by atoms with Gasteiger partial charge in [0.25, 0.3) is 0 Å². The van der Waals surface area contributed by atoms with E-state index in [2.05, 4.69) is 40.6 Å². The number of ether oxygens (including phenoxy) is 2. The summed E-state index contributed by atoms with van der Waals surface area (Å²) >= 11 is 0. The van der Waals surface area contributed by atoms with Crippen molar-refractivity contribution in [2.75, 3.05) is 20.4 Å². The van der Waals surface area contributed by atoms with Gasteiger partial charge in [-0.15, -0.1) is 0 Å². The second-order valence-corrected chi connectivity index (χ2v) is 8.96. The fourth-order valence-corrected chi connectivity index (χ4v) is 5.12. The van der Waals surface area contributed by atoms with E-state index in [-0.39, 0.29) is 18.7 Å². The number of aromatic amines is 1. The van der Waals surface area contributed by atoms with Crippen molar-refractivity contribution in [2.24, 2.45) is 0 Å². The highest BCUT2D eigenvalue weighted by Crippen LogP contribution is 2.42. The second kappa shape index (κ2) is 8.96. The molecule has 35 heavy (non-hydrogen) atoms. The highest BCUT2D eigenvalue weighted by atomic mass is 16.7. The number of aromatic nitrogens is 1. The molecule has 3 aromatic carbocycles. The number of rotatable bonds is 5. The van der Waals surface area contributed by atoms with Gasteiger partial charge in [-0.3, -0.25) is 4.79 Å². The lowest BCUT2D eigenvalue weighted by Crippen LogP contribution is -2.39.